The first-order valence-electron chi connectivity index (χ1n) is 6.61. The summed E-state index contributed by atoms with van der Waals surface area (Å²) >= 11 is 1.52. The molecule has 7 heteroatoms. The van der Waals surface area contributed by atoms with Gasteiger partial charge < -0.3 is 4.90 Å². The van der Waals surface area contributed by atoms with E-state index in [-0.39, 0.29) is 11.7 Å². The Hall–Kier alpha value is -0.920. The number of nitrogens with zero attached hydrogens (tertiary/aromatic N) is 2. The first-order valence-corrected chi connectivity index (χ1v) is 9.49. The smallest absolute Gasteiger partial charge is 0.264 e. The van der Waals surface area contributed by atoms with Crippen molar-refractivity contribution in [1.82, 2.24) is 9.80 Å². The van der Waals surface area contributed by atoms with Crippen molar-refractivity contribution in [2.24, 2.45) is 0 Å². The van der Waals surface area contributed by atoms with E-state index in [2.05, 4.69) is 4.90 Å². The number of amides is 1. The molecule has 0 aromatic carbocycles. The normalized spacial score (nSPS) is 17.4. The summed E-state index contributed by atoms with van der Waals surface area (Å²) in [6, 6.07) is 3.83. The number of hydrogen-bond donors (Lipinski definition) is 0. The average Bonchev–Trinajstić information content (AvgIpc) is 2.82. The Morgan fingerprint density at radius 2 is 1.90 bits per heavy atom. The van der Waals surface area contributed by atoms with Gasteiger partial charge in [-0.1, -0.05) is 0 Å². The van der Waals surface area contributed by atoms with Gasteiger partial charge in [0.15, 0.2) is 0 Å². The van der Waals surface area contributed by atoms with Gasteiger partial charge in [0.25, 0.3) is 5.91 Å². The van der Waals surface area contributed by atoms with Crippen LogP contribution in [0.3, 0.4) is 0 Å². The molecule has 112 valence electrons. The predicted molar refractivity (Wildman–Crippen MR) is 81.1 cm³/mol. The van der Waals surface area contributed by atoms with Gasteiger partial charge in [-0.3, -0.25) is 9.69 Å². The summed E-state index contributed by atoms with van der Waals surface area (Å²) in [5.41, 5.74) is 0. The Bertz CT molecular complexity index is 572. The topological polar surface area (TPSA) is 57.7 Å². The molecule has 0 atom stereocenters. The maximum atomic E-state index is 12.3. The zero-order valence-electron chi connectivity index (χ0n) is 11.8. The predicted octanol–water partition coefficient (Wildman–Crippen LogP) is 0.859. The summed E-state index contributed by atoms with van der Waals surface area (Å²) in [5, 5.41) is 0. The van der Waals surface area contributed by atoms with Gasteiger partial charge >= 0.3 is 0 Å². The molecule has 0 aliphatic carbocycles. The number of carbonyl (C=O) groups excluding carboxylic acids is 1. The maximum absolute atomic E-state index is 12.3. The second kappa shape index (κ2) is 6.24. The molecule has 2 heterocycles. The highest BCUT2D eigenvalue weighted by Crippen LogP contribution is 2.18. The van der Waals surface area contributed by atoms with E-state index in [4.69, 9.17) is 0 Å². The summed E-state index contributed by atoms with van der Waals surface area (Å²) in [5.74, 6) is 0.274. The highest BCUT2D eigenvalue weighted by molar-refractivity contribution is 7.90. The second-order valence-electron chi connectivity index (χ2n) is 5.17. The van der Waals surface area contributed by atoms with Gasteiger partial charge in [0.1, 0.15) is 9.84 Å². The minimum Gasteiger partial charge on any atom is -0.335 e. The molecule has 0 spiro atoms. The van der Waals surface area contributed by atoms with Crippen LogP contribution in [0.2, 0.25) is 0 Å². The quantitative estimate of drug-likeness (QED) is 0.827. The van der Waals surface area contributed by atoms with Crippen molar-refractivity contribution in [1.29, 1.82) is 0 Å². The molecule has 2 rings (SSSR count). The Morgan fingerprint density at radius 3 is 2.40 bits per heavy atom. The first-order chi connectivity index (χ1) is 9.35. The number of rotatable bonds is 4. The van der Waals surface area contributed by atoms with Crippen LogP contribution in [0.15, 0.2) is 12.1 Å². The van der Waals surface area contributed by atoms with Gasteiger partial charge in [-0.25, -0.2) is 8.42 Å². The molecule has 1 saturated heterocycles. The molecule has 5 nitrogen and oxygen atoms in total. The van der Waals surface area contributed by atoms with Gasteiger partial charge in [0.05, 0.1) is 10.6 Å². The summed E-state index contributed by atoms with van der Waals surface area (Å²) in [4.78, 5) is 18.1. The third-order valence-electron chi connectivity index (χ3n) is 3.39. The van der Waals surface area contributed by atoms with Crippen LogP contribution in [-0.2, 0) is 9.84 Å². The lowest BCUT2D eigenvalue weighted by molar-refractivity contribution is 0.0649. The lowest BCUT2D eigenvalue weighted by Gasteiger charge is -2.34. The highest BCUT2D eigenvalue weighted by atomic mass is 32.2. The molecule has 1 aliphatic rings. The third-order valence-corrected chi connectivity index (χ3v) is 5.30. The van der Waals surface area contributed by atoms with Gasteiger partial charge in [0.2, 0.25) is 0 Å². The van der Waals surface area contributed by atoms with Gasteiger partial charge in [-0.05, 0) is 19.1 Å². The third kappa shape index (κ3) is 4.29. The lowest BCUT2D eigenvalue weighted by Crippen LogP contribution is -2.49. The van der Waals surface area contributed by atoms with E-state index < -0.39 is 9.84 Å². The van der Waals surface area contributed by atoms with E-state index in [1.165, 1.54) is 17.6 Å². The Labute approximate surface area is 124 Å². The molecule has 1 fully saturated rings. The Kier molecular flexibility index (Phi) is 4.82. The number of sulfone groups is 1. The molecule has 0 unspecified atom stereocenters. The molecule has 0 saturated carbocycles. The van der Waals surface area contributed by atoms with Crippen molar-refractivity contribution in [3.05, 3.63) is 21.9 Å². The van der Waals surface area contributed by atoms with Gasteiger partial charge in [-0.15, -0.1) is 11.3 Å². The van der Waals surface area contributed by atoms with Crippen LogP contribution in [0.1, 0.15) is 14.5 Å². The highest BCUT2D eigenvalue weighted by Gasteiger charge is 2.23. The van der Waals surface area contributed by atoms with Crippen LogP contribution >= 0.6 is 11.3 Å². The van der Waals surface area contributed by atoms with Crippen LogP contribution in [0.5, 0.6) is 0 Å². The first kappa shape index (κ1) is 15.5. The van der Waals surface area contributed by atoms with E-state index in [9.17, 15) is 13.2 Å². The molecule has 0 N–H and O–H groups in total. The van der Waals surface area contributed by atoms with Crippen molar-refractivity contribution in [3.63, 3.8) is 0 Å². The van der Waals surface area contributed by atoms with Crippen molar-refractivity contribution in [2.45, 2.75) is 6.92 Å². The number of aryl methyl sites for hydroxylation is 1. The van der Waals surface area contributed by atoms with Crippen molar-refractivity contribution in [3.8, 4) is 0 Å². The summed E-state index contributed by atoms with van der Waals surface area (Å²) in [6.45, 7) is 5.36. The van der Waals surface area contributed by atoms with Crippen LogP contribution in [0.4, 0.5) is 0 Å². The zero-order chi connectivity index (χ0) is 14.8. The average molecular weight is 316 g/mol. The summed E-state index contributed by atoms with van der Waals surface area (Å²) < 4.78 is 22.3. The molecular weight excluding hydrogens is 296 g/mol. The molecule has 1 aliphatic heterocycles. The number of carbonyl (C=O) groups is 1. The molecule has 1 amide bonds. The van der Waals surface area contributed by atoms with Crippen LogP contribution < -0.4 is 0 Å². The van der Waals surface area contributed by atoms with Crippen molar-refractivity contribution in [2.75, 3.05) is 44.7 Å². The fourth-order valence-electron chi connectivity index (χ4n) is 2.17. The Balaban J connectivity index is 1.83. The van der Waals surface area contributed by atoms with Gasteiger partial charge in [0, 0.05) is 43.9 Å². The van der Waals surface area contributed by atoms with Gasteiger partial charge in [-0.2, -0.15) is 0 Å². The largest absolute Gasteiger partial charge is 0.335 e. The SMILES string of the molecule is Cc1ccc(C(=O)N2CCN(CCS(C)(=O)=O)CC2)s1. The molecule has 0 radical (unpaired) electrons. The molecular formula is C13H20N2O3S2. The molecule has 1 aromatic rings. The fourth-order valence-corrected chi connectivity index (χ4v) is 3.60. The molecule has 1 aromatic heterocycles. The summed E-state index contributed by atoms with van der Waals surface area (Å²) in [6.07, 6.45) is 1.26. The van der Waals surface area contributed by atoms with Crippen molar-refractivity contribution >= 4 is 27.1 Å². The lowest BCUT2D eigenvalue weighted by atomic mass is 10.3. The second-order valence-corrected chi connectivity index (χ2v) is 8.72. The minimum atomic E-state index is -2.91. The zero-order valence-corrected chi connectivity index (χ0v) is 13.5. The van der Waals surface area contributed by atoms with E-state index in [1.807, 2.05) is 24.0 Å². The standard InChI is InChI=1S/C13H20N2O3S2/c1-11-3-4-12(19-11)13(16)15-7-5-14(6-8-15)9-10-20(2,17)18/h3-4H,5-10H2,1-2H3. The number of piperazine rings is 1. The van der Waals surface area contributed by atoms with E-state index in [0.717, 1.165) is 22.8 Å². The Morgan fingerprint density at radius 1 is 1.25 bits per heavy atom. The monoisotopic (exact) mass is 316 g/mol. The van der Waals surface area contributed by atoms with Crippen LogP contribution in [0, 0.1) is 6.92 Å². The molecule has 0 bridgehead atoms. The fraction of sp³-hybridized carbons (Fsp3) is 0.615. The number of thiophene rings is 1. The van der Waals surface area contributed by atoms with E-state index >= 15 is 0 Å². The van der Waals surface area contributed by atoms with Crippen molar-refractivity contribution < 1.29 is 13.2 Å². The van der Waals surface area contributed by atoms with E-state index in [1.54, 1.807) is 0 Å². The maximum Gasteiger partial charge on any atom is 0.264 e. The number of hydrogen-bond acceptors (Lipinski definition) is 5. The van der Waals surface area contributed by atoms with Crippen LogP contribution in [-0.4, -0.2) is 68.9 Å². The minimum absolute atomic E-state index is 0.0888. The summed E-state index contributed by atoms with van der Waals surface area (Å²) in [7, 11) is -2.91. The van der Waals surface area contributed by atoms with E-state index in [0.29, 0.717) is 19.6 Å². The molecule has 20 heavy (non-hydrogen) atoms. The van der Waals surface area contributed by atoms with Crippen LogP contribution in [0.25, 0.3) is 0 Å².